The highest BCUT2D eigenvalue weighted by Crippen LogP contribution is 2.27. The average Bonchev–Trinajstić information content (AvgIpc) is 3.27. The lowest BCUT2D eigenvalue weighted by Gasteiger charge is -2.18. The van der Waals surface area contributed by atoms with E-state index in [1.807, 2.05) is 30.3 Å². The first-order valence-electron chi connectivity index (χ1n) is 10.7. The lowest BCUT2D eigenvalue weighted by Crippen LogP contribution is -2.35. The van der Waals surface area contributed by atoms with Crippen LogP contribution in [-0.4, -0.2) is 22.1 Å². The number of para-hydroxylation sites is 1. The molecule has 0 aliphatic heterocycles. The van der Waals surface area contributed by atoms with Crippen LogP contribution in [0.4, 0.5) is 14.3 Å². The van der Waals surface area contributed by atoms with Crippen molar-refractivity contribution in [2.45, 2.75) is 18.9 Å². The zero-order valence-electron chi connectivity index (χ0n) is 18.5. The Morgan fingerprint density at radius 1 is 0.971 bits per heavy atom. The minimum absolute atomic E-state index is 0.0788. The van der Waals surface area contributed by atoms with Gasteiger partial charge in [-0.05, 0) is 47.5 Å². The van der Waals surface area contributed by atoms with Gasteiger partial charge >= 0.3 is 6.03 Å². The van der Waals surface area contributed by atoms with E-state index in [9.17, 15) is 14.0 Å². The monoisotopic (exact) mass is 491 g/mol. The number of carbonyl (C=O) groups is 2. The molecule has 8 nitrogen and oxygen atoms in total. The van der Waals surface area contributed by atoms with Crippen molar-refractivity contribution in [1.82, 2.24) is 15.5 Å². The van der Waals surface area contributed by atoms with Gasteiger partial charge in [-0.15, -0.1) is 10.2 Å². The molecule has 0 spiro atoms. The highest BCUT2D eigenvalue weighted by atomic mass is 32.1. The Morgan fingerprint density at radius 3 is 2.46 bits per heavy atom. The second-order valence-corrected chi connectivity index (χ2v) is 8.67. The van der Waals surface area contributed by atoms with Crippen molar-refractivity contribution in [2.75, 3.05) is 5.32 Å². The SMILES string of the molecule is NC(=O)NC(CC(=O)Nc1nnc(Cc2ccc(F)cc2)s1)c1cccc(Oc2ccccc2)c1. The minimum atomic E-state index is -0.755. The van der Waals surface area contributed by atoms with Crippen molar-refractivity contribution in [3.05, 3.63) is 101 Å². The van der Waals surface area contributed by atoms with Crippen molar-refractivity contribution >= 4 is 28.4 Å². The average molecular weight is 492 g/mol. The third-order valence-corrected chi connectivity index (χ3v) is 5.77. The summed E-state index contributed by atoms with van der Waals surface area (Å²) in [6.07, 6.45) is 0.387. The number of amides is 3. The number of nitrogens with zero attached hydrogens (tertiary/aromatic N) is 2. The maximum absolute atomic E-state index is 13.1. The van der Waals surface area contributed by atoms with E-state index in [-0.39, 0.29) is 18.1 Å². The number of rotatable bonds is 9. The number of aromatic nitrogens is 2. The first-order valence-corrected chi connectivity index (χ1v) is 11.5. The Balaban J connectivity index is 1.41. The number of nitrogens with two attached hydrogens (primary N) is 1. The second kappa shape index (κ2) is 11.2. The molecule has 1 heterocycles. The molecule has 0 aliphatic carbocycles. The normalized spacial score (nSPS) is 11.5. The van der Waals surface area contributed by atoms with Crippen molar-refractivity contribution < 1.29 is 18.7 Å². The van der Waals surface area contributed by atoms with Gasteiger partial charge in [-0.1, -0.05) is 53.8 Å². The van der Waals surface area contributed by atoms with Crippen LogP contribution in [0.1, 0.15) is 28.6 Å². The number of urea groups is 1. The fraction of sp³-hybridized carbons (Fsp3) is 0.120. The summed E-state index contributed by atoms with van der Waals surface area (Å²) >= 11 is 1.22. The third kappa shape index (κ3) is 7.08. The molecule has 0 fully saturated rings. The Hall–Kier alpha value is -4.31. The second-order valence-electron chi connectivity index (χ2n) is 7.61. The highest BCUT2D eigenvalue weighted by molar-refractivity contribution is 7.15. The van der Waals surface area contributed by atoms with Gasteiger partial charge in [0.15, 0.2) is 0 Å². The van der Waals surface area contributed by atoms with Gasteiger partial charge in [0.1, 0.15) is 22.3 Å². The van der Waals surface area contributed by atoms with Crippen molar-refractivity contribution in [3.63, 3.8) is 0 Å². The molecule has 0 bridgehead atoms. The van der Waals surface area contributed by atoms with E-state index in [1.165, 1.54) is 23.5 Å². The maximum Gasteiger partial charge on any atom is 0.312 e. The lowest BCUT2D eigenvalue weighted by atomic mass is 10.0. The molecule has 0 radical (unpaired) electrons. The number of anilines is 1. The molecule has 35 heavy (non-hydrogen) atoms. The van der Waals surface area contributed by atoms with Gasteiger partial charge in [-0.2, -0.15) is 0 Å². The molecular weight excluding hydrogens is 469 g/mol. The van der Waals surface area contributed by atoms with Gasteiger partial charge in [-0.3, -0.25) is 4.79 Å². The van der Waals surface area contributed by atoms with Crippen LogP contribution in [-0.2, 0) is 11.2 Å². The van der Waals surface area contributed by atoms with Gasteiger partial charge in [0.05, 0.1) is 12.5 Å². The summed E-state index contributed by atoms with van der Waals surface area (Å²) in [6.45, 7) is 0. The van der Waals surface area contributed by atoms with Crippen LogP contribution < -0.4 is 21.1 Å². The zero-order chi connectivity index (χ0) is 24.6. The number of hydrogen-bond donors (Lipinski definition) is 3. The lowest BCUT2D eigenvalue weighted by molar-refractivity contribution is -0.116. The molecule has 3 amide bonds. The molecule has 4 rings (SSSR count). The largest absolute Gasteiger partial charge is 0.457 e. The van der Waals surface area contributed by atoms with Gasteiger partial charge in [0, 0.05) is 6.42 Å². The van der Waals surface area contributed by atoms with Gasteiger partial charge in [-0.25, -0.2) is 9.18 Å². The summed E-state index contributed by atoms with van der Waals surface area (Å²) in [5.41, 5.74) is 6.88. The molecule has 0 saturated heterocycles. The summed E-state index contributed by atoms with van der Waals surface area (Å²) in [4.78, 5) is 24.3. The number of carbonyl (C=O) groups excluding carboxylic acids is 2. The summed E-state index contributed by atoms with van der Waals surface area (Å²) in [7, 11) is 0. The smallest absolute Gasteiger partial charge is 0.312 e. The molecule has 10 heteroatoms. The molecule has 0 saturated carbocycles. The van der Waals surface area contributed by atoms with Crippen molar-refractivity contribution in [1.29, 1.82) is 0 Å². The van der Waals surface area contributed by atoms with Crippen molar-refractivity contribution in [2.24, 2.45) is 5.73 Å². The van der Waals surface area contributed by atoms with Gasteiger partial charge < -0.3 is 21.1 Å². The van der Waals surface area contributed by atoms with Crippen LogP contribution >= 0.6 is 11.3 Å². The number of hydrogen-bond acceptors (Lipinski definition) is 6. The van der Waals surface area contributed by atoms with Crippen LogP contribution in [0, 0.1) is 5.82 Å². The molecule has 1 aromatic heterocycles. The van der Waals surface area contributed by atoms with E-state index in [0.29, 0.717) is 33.6 Å². The molecular formula is C25H22FN5O3S. The van der Waals surface area contributed by atoms with E-state index >= 15 is 0 Å². The quantitative estimate of drug-likeness (QED) is 0.311. The third-order valence-electron chi connectivity index (χ3n) is 4.93. The summed E-state index contributed by atoms with van der Waals surface area (Å²) in [5.74, 6) is 0.535. The molecule has 4 N–H and O–H groups in total. The summed E-state index contributed by atoms with van der Waals surface area (Å²) < 4.78 is 18.9. The fourth-order valence-electron chi connectivity index (χ4n) is 3.35. The topological polar surface area (TPSA) is 119 Å². The highest BCUT2D eigenvalue weighted by Gasteiger charge is 2.19. The molecule has 3 aromatic carbocycles. The van der Waals surface area contributed by atoms with E-state index in [4.69, 9.17) is 10.5 Å². The fourth-order valence-corrected chi connectivity index (χ4v) is 4.14. The number of ether oxygens (including phenoxy) is 1. The molecule has 1 atom stereocenters. The van der Waals surface area contributed by atoms with Gasteiger partial charge in [0.2, 0.25) is 11.0 Å². The van der Waals surface area contributed by atoms with Crippen LogP contribution in [0.2, 0.25) is 0 Å². The summed E-state index contributed by atoms with van der Waals surface area (Å²) in [5, 5.41) is 14.4. The Morgan fingerprint density at radius 2 is 1.71 bits per heavy atom. The van der Waals surface area contributed by atoms with E-state index < -0.39 is 12.1 Å². The predicted octanol–water partition coefficient (Wildman–Crippen LogP) is 4.80. The first-order chi connectivity index (χ1) is 16.9. The number of benzene rings is 3. The van der Waals surface area contributed by atoms with Crippen molar-refractivity contribution in [3.8, 4) is 11.5 Å². The van der Waals surface area contributed by atoms with Gasteiger partial charge in [0.25, 0.3) is 0 Å². The zero-order valence-corrected chi connectivity index (χ0v) is 19.3. The number of halogens is 1. The predicted molar refractivity (Wildman–Crippen MR) is 131 cm³/mol. The minimum Gasteiger partial charge on any atom is -0.457 e. The van der Waals surface area contributed by atoms with E-state index in [1.54, 1.807) is 36.4 Å². The molecule has 0 aliphatic rings. The summed E-state index contributed by atoms with van der Waals surface area (Å²) in [6, 6.07) is 21.0. The van der Waals surface area contributed by atoms with Crippen LogP contribution in [0.15, 0.2) is 78.9 Å². The molecule has 1 unspecified atom stereocenters. The Kier molecular flexibility index (Phi) is 7.63. The number of primary amides is 1. The van der Waals surface area contributed by atoms with Crippen LogP contribution in [0.25, 0.3) is 0 Å². The molecule has 178 valence electrons. The Labute approximate surface area is 205 Å². The van der Waals surface area contributed by atoms with E-state index in [0.717, 1.165) is 5.56 Å². The maximum atomic E-state index is 13.1. The van der Waals surface area contributed by atoms with Crippen LogP contribution in [0.3, 0.4) is 0 Å². The molecule has 4 aromatic rings. The standard InChI is InChI=1S/C25H22FN5O3S/c26-18-11-9-16(10-12-18)13-23-30-31-25(35-23)29-22(32)15-21(28-24(27)33)17-5-4-8-20(14-17)34-19-6-2-1-3-7-19/h1-12,14,21H,13,15H2,(H3,27,28,33)(H,29,31,32). The van der Waals surface area contributed by atoms with Crippen LogP contribution in [0.5, 0.6) is 11.5 Å². The van der Waals surface area contributed by atoms with E-state index in [2.05, 4.69) is 20.8 Å². The Bertz CT molecular complexity index is 1300. The first kappa shape index (κ1) is 23.8. The number of nitrogens with one attached hydrogen (secondary N) is 2.